The van der Waals surface area contributed by atoms with Crippen LogP contribution in [0, 0.1) is 18.8 Å². The van der Waals surface area contributed by atoms with Crippen molar-refractivity contribution in [1.29, 1.82) is 0 Å². The number of amides is 1. The lowest BCUT2D eigenvalue weighted by Crippen LogP contribution is -2.35. The van der Waals surface area contributed by atoms with Crippen LogP contribution in [0.1, 0.15) is 37.1 Å². The number of rotatable bonds is 4. The van der Waals surface area contributed by atoms with Gasteiger partial charge in [-0.3, -0.25) is 9.59 Å². The average molecular weight is 266 g/mol. The minimum Gasteiger partial charge on any atom is -0.481 e. The number of aryl methyl sites for hydroxylation is 1. The third-order valence-electron chi connectivity index (χ3n) is 3.51. The molecule has 2 rings (SSSR count). The van der Waals surface area contributed by atoms with Crippen LogP contribution in [0.3, 0.4) is 0 Å². The highest BCUT2D eigenvalue weighted by Gasteiger charge is 2.30. The predicted molar refractivity (Wildman–Crippen MR) is 66.2 cm³/mol. The number of carbonyl (C=O) groups excluding carboxylic acids is 1. The average Bonchev–Trinajstić information content (AvgIpc) is 2.82. The molecule has 2 N–H and O–H groups in total. The molecule has 0 aromatic carbocycles. The van der Waals surface area contributed by atoms with Crippen LogP contribution in [-0.4, -0.2) is 22.1 Å². The molecule has 1 aliphatic rings. The monoisotopic (exact) mass is 266 g/mol. The Morgan fingerprint density at radius 3 is 2.84 bits per heavy atom. The van der Waals surface area contributed by atoms with Gasteiger partial charge >= 0.3 is 5.97 Å². The van der Waals surface area contributed by atoms with Crippen molar-refractivity contribution < 1.29 is 19.2 Å². The second kappa shape index (κ2) is 5.86. The molecule has 6 nitrogen and oxygen atoms in total. The summed E-state index contributed by atoms with van der Waals surface area (Å²) in [5, 5.41) is 15.6. The van der Waals surface area contributed by atoms with Crippen LogP contribution in [0.2, 0.25) is 0 Å². The number of carbonyl (C=O) groups is 2. The first-order chi connectivity index (χ1) is 9.06. The van der Waals surface area contributed by atoms with Crippen molar-refractivity contribution in [3.8, 4) is 0 Å². The fourth-order valence-corrected chi connectivity index (χ4v) is 2.48. The molecule has 19 heavy (non-hydrogen) atoms. The molecule has 2 unspecified atom stereocenters. The maximum Gasteiger partial charge on any atom is 0.306 e. The number of nitrogens with one attached hydrogen (secondary N) is 1. The largest absolute Gasteiger partial charge is 0.481 e. The van der Waals surface area contributed by atoms with E-state index in [9.17, 15) is 9.59 Å². The molecule has 1 amide bonds. The van der Waals surface area contributed by atoms with Crippen molar-refractivity contribution >= 4 is 11.9 Å². The predicted octanol–water partition coefficient (Wildman–Crippen LogP) is 1.49. The van der Waals surface area contributed by atoms with Gasteiger partial charge in [0.15, 0.2) is 0 Å². The zero-order valence-corrected chi connectivity index (χ0v) is 10.9. The van der Waals surface area contributed by atoms with Gasteiger partial charge in [-0.2, -0.15) is 0 Å². The Morgan fingerprint density at radius 2 is 2.21 bits per heavy atom. The van der Waals surface area contributed by atoms with Gasteiger partial charge in [-0.05, 0) is 26.2 Å². The van der Waals surface area contributed by atoms with Crippen LogP contribution in [0.5, 0.6) is 0 Å². The first-order valence-corrected chi connectivity index (χ1v) is 6.49. The van der Waals surface area contributed by atoms with E-state index in [0.29, 0.717) is 30.8 Å². The third kappa shape index (κ3) is 3.56. The van der Waals surface area contributed by atoms with Gasteiger partial charge < -0.3 is 14.9 Å². The zero-order valence-electron chi connectivity index (χ0n) is 10.9. The van der Waals surface area contributed by atoms with Gasteiger partial charge in [0.1, 0.15) is 11.5 Å². The highest BCUT2D eigenvalue weighted by molar-refractivity contribution is 5.80. The van der Waals surface area contributed by atoms with Crippen molar-refractivity contribution in [2.75, 3.05) is 0 Å². The van der Waals surface area contributed by atoms with E-state index in [1.807, 2.05) is 0 Å². The highest BCUT2D eigenvalue weighted by atomic mass is 16.5. The summed E-state index contributed by atoms with van der Waals surface area (Å²) in [5.41, 5.74) is 0.677. The molecule has 104 valence electrons. The molecule has 6 heteroatoms. The number of nitrogens with zero attached hydrogens (tertiary/aromatic N) is 1. The maximum absolute atomic E-state index is 12.0. The Bertz CT molecular complexity index is 469. The van der Waals surface area contributed by atoms with E-state index in [1.54, 1.807) is 13.0 Å². The van der Waals surface area contributed by atoms with E-state index >= 15 is 0 Å². The van der Waals surface area contributed by atoms with Crippen LogP contribution in [-0.2, 0) is 16.1 Å². The van der Waals surface area contributed by atoms with E-state index in [0.717, 1.165) is 12.8 Å². The topological polar surface area (TPSA) is 92.4 Å². The van der Waals surface area contributed by atoms with E-state index in [2.05, 4.69) is 10.5 Å². The third-order valence-corrected chi connectivity index (χ3v) is 3.51. The lowest BCUT2D eigenvalue weighted by Gasteiger charge is -2.25. The first kappa shape index (κ1) is 13.6. The molecule has 0 bridgehead atoms. The minimum absolute atomic E-state index is 0.0911. The molecule has 0 aliphatic heterocycles. The van der Waals surface area contributed by atoms with Crippen molar-refractivity contribution in [2.24, 2.45) is 11.8 Å². The molecule has 1 aromatic heterocycles. The molecule has 1 heterocycles. The smallest absolute Gasteiger partial charge is 0.306 e. The van der Waals surface area contributed by atoms with Gasteiger partial charge in [0, 0.05) is 12.0 Å². The number of aliphatic carboxylic acids is 1. The summed E-state index contributed by atoms with van der Waals surface area (Å²) >= 11 is 0. The zero-order chi connectivity index (χ0) is 13.8. The Labute approximate surface area is 111 Å². The Hall–Kier alpha value is -1.85. The van der Waals surface area contributed by atoms with Gasteiger partial charge in [-0.1, -0.05) is 11.6 Å². The summed E-state index contributed by atoms with van der Waals surface area (Å²) in [7, 11) is 0. The fourth-order valence-electron chi connectivity index (χ4n) is 2.48. The second-order valence-corrected chi connectivity index (χ2v) is 5.05. The number of aromatic nitrogens is 1. The van der Waals surface area contributed by atoms with Crippen LogP contribution in [0.15, 0.2) is 10.6 Å². The summed E-state index contributed by atoms with van der Waals surface area (Å²) in [5.74, 6) is -0.786. The van der Waals surface area contributed by atoms with Gasteiger partial charge in [0.05, 0.1) is 12.5 Å². The number of carboxylic acid groups (broad SMARTS) is 1. The second-order valence-electron chi connectivity index (χ2n) is 5.05. The molecule has 1 fully saturated rings. The van der Waals surface area contributed by atoms with Crippen molar-refractivity contribution in [3.05, 3.63) is 17.5 Å². The Kier molecular flexibility index (Phi) is 4.19. The molecule has 1 aromatic rings. The van der Waals surface area contributed by atoms with Gasteiger partial charge in [-0.15, -0.1) is 0 Å². The molecule has 0 saturated heterocycles. The molecule has 2 atom stereocenters. The van der Waals surface area contributed by atoms with Gasteiger partial charge in [0.25, 0.3) is 0 Å². The SMILES string of the molecule is Cc1cc(CNC(=O)C2CCCC(C(=O)O)C2)no1. The number of hydrogen-bond donors (Lipinski definition) is 2. The number of carboxylic acids is 1. The van der Waals surface area contributed by atoms with Crippen LogP contribution in [0.25, 0.3) is 0 Å². The summed E-state index contributed by atoms with van der Waals surface area (Å²) < 4.78 is 4.91. The Morgan fingerprint density at radius 1 is 1.47 bits per heavy atom. The van der Waals surface area contributed by atoms with Crippen molar-refractivity contribution in [2.45, 2.75) is 39.2 Å². The van der Waals surface area contributed by atoms with Crippen molar-refractivity contribution in [1.82, 2.24) is 10.5 Å². The standard InChI is InChI=1S/C13H18N2O4/c1-8-5-11(15-19-8)7-14-12(16)9-3-2-4-10(6-9)13(17)18/h5,9-10H,2-4,6-7H2,1H3,(H,14,16)(H,17,18). The molecule has 1 aliphatic carbocycles. The van der Waals surface area contributed by atoms with E-state index < -0.39 is 11.9 Å². The van der Waals surface area contributed by atoms with Crippen LogP contribution in [0.4, 0.5) is 0 Å². The molecular formula is C13H18N2O4. The van der Waals surface area contributed by atoms with E-state index in [1.165, 1.54) is 0 Å². The summed E-state index contributed by atoms with van der Waals surface area (Å²) in [6.45, 7) is 2.11. The minimum atomic E-state index is -0.801. The molecule has 0 spiro atoms. The van der Waals surface area contributed by atoms with Gasteiger partial charge in [0.2, 0.25) is 5.91 Å². The van der Waals surface area contributed by atoms with Crippen molar-refractivity contribution in [3.63, 3.8) is 0 Å². The summed E-state index contributed by atoms with van der Waals surface area (Å²) in [6, 6.07) is 1.77. The van der Waals surface area contributed by atoms with Gasteiger partial charge in [-0.25, -0.2) is 0 Å². The highest BCUT2D eigenvalue weighted by Crippen LogP contribution is 2.29. The number of hydrogen-bond acceptors (Lipinski definition) is 4. The quantitative estimate of drug-likeness (QED) is 0.861. The Balaban J connectivity index is 1.84. The molecule has 0 radical (unpaired) electrons. The summed E-state index contributed by atoms with van der Waals surface area (Å²) in [6.07, 6.45) is 2.65. The molecule has 1 saturated carbocycles. The molecular weight excluding hydrogens is 248 g/mol. The van der Waals surface area contributed by atoms with E-state index in [-0.39, 0.29) is 11.8 Å². The lowest BCUT2D eigenvalue weighted by atomic mass is 9.81. The van der Waals surface area contributed by atoms with Crippen LogP contribution >= 0.6 is 0 Å². The van der Waals surface area contributed by atoms with E-state index in [4.69, 9.17) is 9.63 Å². The maximum atomic E-state index is 12.0. The lowest BCUT2D eigenvalue weighted by molar-refractivity contribution is -0.144. The normalized spacial score (nSPS) is 23.0. The van der Waals surface area contributed by atoms with Crippen LogP contribution < -0.4 is 5.32 Å². The fraction of sp³-hybridized carbons (Fsp3) is 0.615. The summed E-state index contributed by atoms with van der Waals surface area (Å²) in [4.78, 5) is 22.9. The first-order valence-electron chi connectivity index (χ1n) is 6.49.